The lowest BCUT2D eigenvalue weighted by molar-refractivity contribution is 0.628. The molecule has 1 aromatic heterocycles. The number of hydrogen-bond donors (Lipinski definition) is 1. The molecule has 0 saturated heterocycles. The highest BCUT2D eigenvalue weighted by atomic mass is 32.1. The van der Waals surface area contributed by atoms with Crippen LogP contribution >= 0.6 is 11.3 Å². The summed E-state index contributed by atoms with van der Waals surface area (Å²) in [6.45, 7) is 4.05. The van der Waals surface area contributed by atoms with E-state index in [1.807, 2.05) is 20.0 Å². The number of thiazole rings is 1. The van der Waals surface area contributed by atoms with Crippen molar-refractivity contribution in [3.63, 3.8) is 0 Å². The van der Waals surface area contributed by atoms with Gasteiger partial charge in [-0.15, -0.1) is 11.3 Å². The Balaban J connectivity index is 2.51. The molecule has 1 atom stereocenters. The average Bonchev–Trinajstić information content (AvgIpc) is 2.70. The van der Waals surface area contributed by atoms with Crippen LogP contribution < -0.4 is 5.32 Å². The molecule has 0 radical (unpaired) electrons. The lowest BCUT2D eigenvalue weighted by Crippen LogP contribution is -2.11. The van der Waals surface area contributed by atoms with E-state index in [2.05, 4.69) is 17.2 Å². The van der Waals surface area contributed by atoms with E-state index in [1.165, 1.54) is 12.1 Å². The Hall–Kier alpha value is -1.26. The molecule has 17 heavy (non-hydrogen) atoms. The summed E-state index contributed by atoms with van der Waals surface area (Å²) in [6, 6.07) is 6.81. The summed E-state index contributed by atoms with van der Waals surface area (Å²) >= 11 is 1.65. The molecule has 2 rings (SSSR count). The summed E-state index contributed by atoms with van der Waals surface area (Å²) in [6.07, 6.45) is 0. The number of aromatic nitrogens is 1. The third-order valence-electron chi connectivity index (χ3n) is 2.68. The average molecular weight is 250 g/mol. The fourth-order valence-electron chi connectivity index (χ4n) is 1.71. The van der Waals surface area contributed by atoms with Crippen LogP contribution in [0.2, 0.25) is 0 Å². The van der Waals surface area contributed by atoms with E-state index in [4.69, 9.17) is 0 Å². The van der Waals surface area contributed by atoms with Crippen LogP contribution in [0.25, 0.3) is 11.3 Å². The van der Waals surface area contributed by atoms with Gasteiger partial charge in [0, 0.05) is 16.5 Å². The van der Waals surface area contributed by atoms with Crippen molar-refractivity contribution in [3.05, 3.63) is 40.0 Å². The molecular weight excluding hydrogens is 235 g/mol. The summed E-state index contributed by atoms with van der Waals surface area (Å²) in [5.41, 5.74) is 1.72. The van der Waals surface area contributed by atoms with Crippen LogP contribution in [0.5, 0.6) is 0 Å². The highest BCUT2D eigenvalue weighted by molar-refractivity contribution is 7.12. The summed E-state index contributed by atoms with van der Waals surface area (Å²) in [7, 11) is 1.91. The van der Waals surface area contributed by atoms with Crippen molar-refractivity contribution < 1.29 is 4.39 Å². The normalized spacial score (nSPS) is 12.7. The predicted octanol–water partition coefficient (Wildman–Crippen LogP) is 3.54. The molecule has 0 spiro atoms. The van der Waals surface area contributed by atoms with E-state index in [0.29, 0.717) is 0 Å². The topological polar surface area (TPSA) is 24.9 Å². The fourth-order valence-corrected chi connectivity index (χ4v) is 2.72. The van der Waals surface area contributed by atoms with Gasteiger partial charge >= 0.3 is 0 Å². The molecule has 2 nitrogen and oxygen atoms in total. The molecule has 4 heteroatoms. The van der Waals surface area contributed by atoms with Crippen molar-refractivity contribution in [1.29, 1.82) is 0 Å². The molecular formula is C13H15FN2S. The molecule has 0 saturated carbocycles. The summed E-state index contributed by atoms with van der Waals surface area (Å²) < 4.78 is 13.2. The van der Waals surface area contributed by atoms with Crippen LogP contribution in [-0.2, 0) is 0 Å². The number of halogens is 1. The highest BCUT2D eigenvalue weighted by Gasteiger charge is 2.16. The second-order valence-electron chi connectivity index (χ2n) is 3.97. The highest BCUT2D eigenvalue weighted by Crippen LogP contribution is 2.32. The minimum Gasteiger partial charge on any atom is -0.312 e. The maximum Gasteiger partial charge on any atom is 0.123 e. The maximum absolute atomic E-state index is 13.2. The second-order valence-corrected chi connectivity index (χ2v) is 5.20. The predicted molar refractivity (Wildman–Crippen MR) is 69.7 cm³/mol. The van der Waals surface area contributed by atoms with Gasteiger partial charge in [0.15, 0.2) is 0 Å². The quantitative estimate of drug-likeness (QED) is 0.901. The lowest BCUT2D eigenvalue weighted by Gasteiger charge is -2.09. The number of nitrogens with zero attached hydrogens (tertiary/aromatic N) is 1. The van der Waals surface area contributed by atoms with Gasteiger partial charge in [0.25, 0.3) is 0 Å². The Bertz CT molecular complexity index is 522. The van der Waals surface area contributed by atoms with E-state index in [0.717, 1.165) is 21.1 Å². The van der Waals surface area contributed by atoms with Gasteiger partial charge in [0.05, 0.1) is 10.7 Å². The summed E-state index contributed by atoms with van der Waals surface area (Å²) in [5, 5.41) is 4.20. The van der Waals surface area contributed by atoms with Gasteiger partial charge in [-0.3, -0.25) is 0 Å². The third-order valence-corrected chi connectivity index (χ3v) is 3.84. The Morgan fingerprint density at radius 2 is 2.18 bits per heavy atom. The molecule has 1 aromatic carbocycles. The van der Waals surface area contributed by atoms with Crippen LogP contribution in [0, 0.1) is 12.7 Å². The van der Waals surface area contributed by atoms with Crippen molar-refractivity contribution >= 4 is 11.3 Å². The number of rotatable bonds is 3. The first-order valence-electron chi connectivity index (χ1n) is 5.52. The molecule has 0 amide bonds. The Labute approximate surface area is 105 Å². The Morgan fingerprint density at radius 1 is 1.41 bits per heavy atom. The fraction of sp³-hybridized carbons (Fsp3) is 0.308. The lowest BCUT2D eigenvalue weighted by atomic mass is 10.1. The van der Waals surface area contributed by atoms with E-state index in [9.17, 15) is 4.39 Å². The number of nitrogens with one attached hydrogen (secondary N) is 1. The zero-order chi connectivity index (χ0) is 12.4. The molecule has 90 valence electrons. The zero-order valence-electron chi connectivity index (χ0n) is 10.1. The van der Waals surface area contributed by atoms with E-state index >= 15 is 0 Å². The number of aryl methyl sites for hydroxylation is 1. The molecule has 0 bridgehead atoms. The van der Waals surface area contributed by atoms with Crippen LogP contribution in [-0.4, -0.2) is 12.0 Å². The van der Waals surface area contributed by atoms with Crippen molar-refractivity contribution in [3.8, 4) is 11.3 Å². The maximum atomic E-state index is 13.2. The first-order valence-corrected chi connectivity index (χ1v) is 6.34. The SMILES string of the molecule is CNC(C)c1sc(C)nc1-c1cccc(F)c1. The van der Waals surface area contributed by atoms with Gasteiger partial charge in [-0.1, -0.05) is 12.1 Å². The van der Waals surface area contributed by atoms with Gasteiger partial charge in [-0.2, -0.15) is 0 Å². The molecule has 1 unspecified atom stereocenters. The van der Waals surface area contributed by atoms with E-state index < -0.39 is 0 Å². The molecule has 0 aliphatic carbocycles. The van der Waals surface area contributed by atoms with Crippen molar-refractivity contribution in [2.45, 2.75) is 19.9 Å². The van der Waals surface area contributed by atoms with Gasteiger partial charge in [-0.05, 0) is 33.0 Å². The summed E-state index contributed by atoms with van der Waals surface area (Å²) in [5.74, 6) is -0.226. The van der Waals surface area contributed by atoms with Crippen LogP contribution in [0.4, 0.5) is 4.39 Å². The van der Waals surface area contributed by atoms with Gasteiger partial charge in [-0.25, -0.2) is 9.37 Å². The van der Waals surface area contributed by atoms with Gasteiger partial charge < -0.3 is 5.32 Å². The molecule has 2 aromatic rings. The largest absolute Gasteiger partial charge is 0.312 e. The standard InChI is InChI=1S/C13H15FN2S/c1-8(15-3)13-12(16-9(2)17-13)10-5-4-6-11(14)7-10/h4-8,15H,1-3H3. The van der Waals surface area contributed by atoms with E-state index in [-0.39, 0.29) is 11.9 Å². The third kappa shape index (κ3) is 2.53. The van der Waals surface area contributed by atoms with Crippen molar-refractivity contribution in [2.75, 3.05) is 7.05 Å². The minimum absolute atomic E-state index is 0.222. The van der Waals surface area contributed by atoms with Gasteiger partial charge in [0.2, 0.25) is 0 Å². The Kier molecular flexibility index (Phi) is 3.54. The molecule has 0 aliphatic rings. The monoisotopic (exact) mass is 250 g/mol. The smallest absolute Gasteiger partial charge is 0.123 e. The second kappa shape index (κ2) is 4.94. The molecule has 0 aliphatic heterocycles. The van der Waals surface area contributed by atoms with Crippen LogP contribution in [0.1, 0.15) is 22.9 Å². The van der Waals surface area contributed by atoms with Crippen molar-refractivity contribution in [2.24, 2.45) is 0 Å². The number of benzene rings is 1. The van der Waals surface area contributed by atoms with E-state index in [1.54, 1.807) is 17.4 Å². The first-order chi connectivity index (χ1) is 8.11. The first kappa shape index (κ1) is 12.2. The van der Waals surface area contributed by atoms with Crippen LogP contribution in [0.3, 0.4) is 0 Å². The minimum atomic E-state index is -0.226. The Morgan fingerprint density at radius 3 is 2.82 bits per heavy atom. The summed E-state index contributed by atoms with van der Waals surface area (Å²) in [4.78, 5) is 5.65. The van der Waals surface area contributed by atoms with Crippen LogP contribution in [0.15, 0.2) is 24.3 Å². The zero-order valence-corrected chi connectivity index (χ0v) is 10.9. The molecule has 1 N–H and O–H groups in total. The van der Waals surface area contributed by atoms with Gasteiger partial charge in [0.1, 0.15) is 5.82 Å². The van der Waals surface area contributed by atoms with Crippen molar-refractivity contribution in [1.82, 2.24) is 10.3 Å². The molecule has 0 fully saturated rings. The molecule has 1 heterocycles. The number of hydrogen-bond acceptors (Lipinski definition) is 3.